The Hall–Kier alpha value is -0.650. The normalized spacial score (nSPS) is 10.3. The van der Waals surface area contributed by atoms with Crippen LogP contribution in [0.5, 0.6) is 0 Å². The second-order valence-electron chi connectivity index (χ2n) is 1.90. The summed E-state index contributed by atoms with van der Waals surface area (Å²) in [6.45, 7) is 0.0106. The van der Waals surface area contributed by atoms with Gasteiger partial charge in [-0.1, -0.05) is 0 Å². The van der Waals surface area contributed by atoms with E-state index < -0.39 is 12.1 Å². The quantitative estimate of drug-likeness (QED) is 0.333. The molecule has 0 aliphatic rings. The van der Waals surface area contributed by atoms with E-state index in [0.717, 1.165) is 0 Å². The van der Waals surface area contributed by atoms with Gasteiger partial charge in [0.25, 0.3) is 0 Å². The number of carbonyl (C=O) groups is 1. The lowest BCUT2D eigenvalue weighted by molar-refractivity contribution is -0.142. The molecule has 0 aromatic heterocycles. The predicted molar refractivity (Wildman–Crippen MR) is 35.2 cm³/mol. The van der Waals surface area contributed by atoms with E-state index in [1.54, 1.807) is 0 Å². The zero-order chi connectivity index (χ0) is 7.98. The molecule has 0 rings (SSSR count). The number of hydrogen-bond acceptors (Lipinski definition) is 4. The maximum atomic E-state index is 9.86. The highest BCUT2D eigenvalue weighted by Crippen LogP contribution is 1.82. The highest BCUT2D eigenvalue weighted by molar-refractivity contribution is 5.67. The molecule has 10 heavy (non-hydrogen) atoms. The van der Waals surface area contributed by atoms with Crippen molar-refractivity contribution in [1.82, 2.24) is 0 Å². The molecule has 0 heterocycles. The number of nitrogens with two attached hydrogens (primary N) is 2. The molecule has 0 bridgehead atoms. The van der Waals surface area contributed by atoms with Gasteiger partial charge in [-0.25, -0.2) is 4.79 Å². The zero-order valence-electron chi connectivity index (χ0n) is 5.62. The third-order valence-electron chi connectivity index (χ3n) is 0.821. The van der Waals surface area contributed by atoms with Gasteiger partial charge in [-0.3, -0.25) is 0 Å². The third-order valence-corrected chi connectivity index (χ3v) is 0.821. The highest BCUT2D eigenvalue weighted by Gasteiger charge is 1.97. The minimum atomic E-state index is -0.981. The van der Waals surface area contributed by atoms with Crippen LogP contribution in [0, 0.1) is 0 Å². The summed E-state index contributed by atoms with van der Waals surface area (Å²) < 4.78 is 4.65. The first-order chi connectivity index (χ1) is 4.63. The van der Waals surface area contributed by atoms with Gasteiger partial charge in [0.1, 0.15) is 6.61 Å². The minimum Gasteiger partial charge on any atom is -0.480 e. The Morgan fingerprint density at radius 2 is 2.20 bits per heavy atom. The molecule has 0 saturated carbocycles. The summed E-state index contributed by atoms with van der Waals surface area (Å²) >= 11 is 0. The van der Waals surface area contributed by atoms with Crippen LogP contribution in [0.4, 0.5) is 0 Å². The van der Waals surface area contributed by atoms with E-state index in [-0.39, 0.29) is 6.61 Å². The Balaban J connectivity index is 2.98. The van der Waals surface area contributed by atoms with Gasteiger partial charge in [0.05, 0.1) is 12.8 Å². The van der Waals surface area contributed by atoms with Crippen LogP contribution in [-0.4, -0.2) is 30.5 Å². The Bertz CT molecular complexity index is 105. The molecule has 0 aliphatic heterocycles. The fourth-order valence-electron chi connectivity index (χ4n) is 0.379. The van der Waals surface area contributed by atoms with Crippen LogP contribution in [0.15, 0.2) is 0 Å². The molecule has 5 N–H and O–H groups in total. The van der Waals surface area contributed by atoms with E-state index in [4.69, 9.17) is 16.6 Å². The van der Waals surface area contributed by atoms with Gasteiger partial charge in [0.15, 0.2) is 0 Å². The molecule has 0 aliphatic carbocycles. The summed E-state index contributed by atoms with van der Waals surface area (Å²) in [6.07, 6.45) is 0.0570. The fraction of sp³-hybridized carbons (Fsp3) is 0.800. The molecule has 0 unspecified atom stereocenters. The van der Waals surface area contributed by atoms with Crippen LogP contribution in [0.2, 0.25) is 0 Å². The second-order valence-corrected chi connectivity index (χ2v) is 1.90. The van der Waals surface area contributed by atoms with Crippen LogP contribution < -0.4 is 11.5 Å². The lowest BCUT2D eigenvalue weighted by Gasteiger charge is -2.03. The summed E-state index contributed by atoms with van der Waals surface area (Å²) in [5.41, 5.74) is 10.3. The zero-order valence-corrected chi connectivity index (χ0v) is 5.62. The monoisotopic (exact) mass is 148 g/mol. The van der Waals surface area contributed by atoms with Gasteiger partial charge in [-0.2, -0.15) is 0 Å². The van der Waals surface area contributed by atoms with Crippen molar-refractivity contribution in [3.05, 3.63) is 0 Å². The van der Waals surface area contributed by atoms with E-state index in [2.05, 4.69) is 4.74 Å². The van der Waals surface area contributed by atoms with Crippen LogP contribution in [0.3, 0.4) is 0 Å². The van der Waals surface area contributed by atoms with Crippen molar-refractivity contribution in [2.45, 2.75) is 12.6 Å². The summed E-state index contributed by atoms with van der Waals surface area (Å²) in [7, 11) is 0. The molecule has 0 aromatic carbocycles. The van der Waals surface area contributed by atoms with Gasteiger partial charge < -0.3 is 21.3 Å². The first-order valence-electron chi connectivity index (χ1n) is 2.93. The van der Waals surface area contributed by atoms with Crippen molar-refractivity contribution in [2.24, 2.45) is 11.5 Å². The van der Waals surface area contributed by atoms with E-state index in [1.165, 1.54) is 0 Å². The maximum Gasteiger partial charge on any atom is 0.329 e. The van der Waals surface area contributed by atoms with E-state index in [1.807, 2.05) is 0 Å². The molecular weight excluding hydrogens is 136 g/mol. The SMILES string of the molecule is NC(N)CCOCC(=O)O. The molecule has 0 saturated heterocycles. The molecular formula is C5H12N2O3. The summed E-state index contributed by atoms with van der Waals surface area (Å²) in [5.74, 6) is -0.981. The van der Waals surface area contributed by atoms with Gasteiger partial charge in [-0.05, 0) is 6.42 Å². The number of rotatable bonds is 5. The molecule has 0 fully saturated rings. The summed E-state index contributed by atoms with van der Waals surface area (Å²) in [4.78, 5) is 9.86. The number of ether oxygens (including phenoxy) is 1. The van der Waals surface area contributed by atoms with Crippen LogP contribution in [0.25, 0.3) is 0 Å². The van der Waals surface area contributed by atoms with E-state index in [0.29, 0.717) is 13.0 Å². The smallest absolute Gasteiger partial charge is 0.329 e. The van der Waals surface area contributed by atoms with Crippen molar-refractivity contribution in [3.63, 3.8) is 0 Å². The van der Waals surface area contributed by atoms with E-state index in [9.17, 15) is 4.79 Å². The van der Waals surface area contributed by atoms with Gasteiger partial charge in [0, 0.05) is 0 Å². The average molecular weight is 148 g/mol. The molecule has 5 heteroatoms. The Labute approximate surface area is 58.9 Å². The lowest BCUT2D eigenvalue weighted by Crippen LogP contribution is -2.31. The Morgan fingerprint density at radius 1 is 1.60 bits per heavy atom. The molecule has 5 nitrogen and oxygen atoms in total. The first-order valence-corrected chi connectivity index (χ1v) is 2.93. The number of hydrogen-bond donors (Lipinski definition) is 3. The third kappa shape index (κ3) is 7.35. The average Bonchev–Trinajstić information content (AvgIpc) is 1.79. The van der Waals surface area contributed by atoms with Crippen molar-refractivity contribution >= 4 is 5.97 Å². The van der Waals surface area contributed by atoms with Gasteiger partial charge in [0.2, 0.25) is 0 Å². The number of carboxylic acids is 1. The molecule has 0 spiro atoms. The Morgan fingerprint density at radius 3 is 2.60 bits per heavy atom. The van der Waals surface area contributed by atoms with Crippen molar-refractivity contribution in [2.75, 3.05) is 13.2 Å². The van der Waals surface area contributed by atoms with Crippen molar-refractivity contribution in [1.29, 1.82) is 0 Å². The summed E-state index contributed by atoms with van der Waals surface area (Å²) in [6, 6.07) is 0. The largest absolute Gasteiger partial charge is 0.480 e. The first kappa shape index (κ1) is 9.35. The Kier molecular flexibility index (Phi) is 4.82. The maximum absolute atomic E-state index is 9.86. The van der Waals surface area contributed by atoms with Gasteiger partial charge >= 0.3 is 5.97 Å². The van der Waals surface area contributed by atoms with E-state index >= 15 is 0 Å². The van der Waals surface area contributed by atoms with Crippen LogP contribution >= 0.6 is 0 Å². The van der Waals surface area contributed by atoms with Crippen molar-refractivity contribution in [3.8, 4) is 0 Å². The molecule has 0 atom stereocenters. The highest BCUT2D eigenvalue weighted by atomic mass is 16.5. The topological polar surface area (TPSA) is 98.6 Å². The molecule has 60 valence electrons. The fourth-order valence-corrected chi connectivity index (χ4v) is 0.379. The van der Waals surface area contributed by atoms with Gasteiger partial charge in [-0.15, -0.1) is 0 Å². The predicted octanol–water partition coefficient (Wildman–Crippen LogP) is -1.28. The lowest BCUT2D eigenvalue weighted by atomic mass is 10.4. The van der Waals surface area contributed by atoms with Crippen molar-refractivity contribution < 1.29 is 14.6 Å². The molecule has 0 aromatic rings. The second kappa shape index (κ2) is 5.16. The number of carboxylic acid groups (broad SMARTS) is 1. The van der Waals surface area contributed by atoms with Crippen LogP contribution in [0.1, 0.15) is 6.42 Å². The number of aliphatic carboxylic acids is 1. The molecule has 0 amide bonds. The standard InChI is InChI=1S/C5H12N2O3/c6-4(7)1-2-10-3-5(8)9/h4H,1-3,6-7H2,(H,8,9). The molecule has 0 radical (unpaired) electrons. The summed E-state index contributed by atoms with van der Waals surface area (Å²) in [5, 5.41) is 8.09. The minimum absolute atomic E-state index is 0.285. The van der Waals surface area contributed by atoms with Crippen LogP contribution in [-0.2, 0) is 9.53 Å².